The van der Waals surface area contributed by atoms with Crippen LogP contribution in [-0.2, 0) is 4.79 Å². The van der Waals surface area contributed by atoms with Crippen molar-refractivity contribution < 1.29 is 9.53 Å². The summed E-state index contributed by atoms with van der Waals surface area (Å²) >= 11 is 5.45. The van der Waals surface area contributed by atoms with Crippen LogP contribution in [0.25, 0.3) is 0 Å². The average Bonchev–Trinajstić information content (AvgIpc) is 2.27. The zero-order valence-electron chi connectivity index (χ0n) is 8.16. The van der Waals surface area contributed by atoms with E-state index in [1.165, 1.54) is 4.90 Å². The van der Waals surface area contributed by atoms with Crippen molar-refractivity contribution in [2.45, 2.75) is 0 Å². The predicted octanol–water partition coefficient (Wildman–Crippen LogP) is 1.90. The van der Waals surface area contributed by atoms with Crippen LogP contribution in [0.1, 0.15) is 0 Å². The number of amides is 1. The van der Waals surface area contributed by atoms with Crippen LogP contribution in [0.2, 0.25) is 0 Å². The van der Waals surface area contributed by atoms with Gasteiger partial charge >= 0.3 is 0 Å². The van der Waals surface area contributed by atoms with Crippen LogP contribution in [0.4, 0.5) is 5.69 Å². The molecule has 0 N–H and O–H groups in total. The highest BCUT2D eigenvalue weighted by atomic mass is 35.5. The first-order valence-electron chi connectivity index (χ1n) is 4.15. The number of carbonyl (C=O) groups excluding carboxylic acids is 1. The van der Waals surface area contributed by atoms with E-state index in [4.69, 9.17) is 16.3 Å². The fourth-order valence-electron chi connectivity index (χ4n) is 1.05. The van der Waals surface area contributed by atoms with Crippen molar-refractivity contribution >= 4 is 23.2 Å². The molecule has 0 aromatic heterocycles. The smallest absolute Gasteiger partial charge is 0.241 e. The van der Waals surface area contributed by atoms with Crippen molar-refractivity contribution in [1.82, 2.24) is 0 Å². The maximum atomic E-state index is 11.3. The first-order chi connectivity index (χ1) is 6.69. The van der Waals surface area contributed by atoms with Gasteiger partial charge in [0.25, 0.3) is 0 Å². The van der Waals surface area contributed by atoms with Gasteiger partial charge in [0.05, 0.1) is 7.11 Å². The third-order valence-electron chi connectivity index (χ3n) is 1.93. The molecule has 1 amide bonds. The molecule has 0 radical (unpaired) electrons. The highest BCUT2D eigenvalue weighted by molar-refractivity contribution is 6.29. The SMILES string of the molecule is COc1cccc(N(C)C(=O)CCl)c1. The molecule has 0 aliphatic rings. The van der Waals surface area contributed by atoms with Gasteiger partial charge in [-0.1, -0.05) is 6.07 Å². The molecular weight excluding hydrogens is 202 g/mol. The zero-order chi connectivity index (χ0) is 10.6. The number of benzene rings is 1. The van der Waals surface area contributed by atoms with Crippen molar-refractivity contribution in [2.24, 2.45) is 0 Å². The van der Waals surface area contributed by atoms with Gasteiger partial charge in [-0.25, -0.2) is 0 Å². The first kappa shape index (κ1) is 10.9. The Morgan fingerprint density at radius 3 is 2.86 bits per heavy atom. The second-order valence-electron chi connectivity index (χ2n) is 2.79. The number of hydrogen-bond donors (Lipinski definition) is 0. The van der Waals surface area contributed by atoms with E-state index in [0.717, 1.165) is 11.4 Å². The Morgan fingerprint density at radius 1 is 1.57 bits per heavy atom. The Morgan fingerprint density at radius 2 is 2.29 bits per heavy atom. The third kappa shape index (κ3) is 2.39. The monoisotopic (exact) mass is 213 g/mol. The summed E-state index contributed by atoms with van der Waals surface area (Å²) in [4.78, 5) is 12.8. The van der Waals surface area contributed by atoms with E-state index in [1.807, 2.05) is 18.2 Å². The average molecular weight is 214 g/mol. The molecule has 0 saturated carbocycles. The lowest BCUT2D eigenvalue weighted by Crippen LogP contribution is -2.27. The molecule has 0 aliphatic carbocycles. The first-order valence-corrected chi connectivity index (χ1v) is 4.69. The van der Waals surface area contributed by atoms with E-state index in [9.17, 15) is 4.79 Å². The zero-order valence-corrected chi connectivity index (χ0v) is 8.91. The molecule has 1 rings (SSSR count). The molecule has 0 fully saturated rings. The summed E-state index contributed by atoms with van der Waals surface area (Å²) in [6, 6.07) is 7.26. The van der Waals surface area contributed by atoms with Crippen LogP contribution >= 0.6 is 11.6 Å². The Bertz CT molecular complexity index is 328. The van der Waals surface area contributed by atoms with Crippen LogP contribution in [0.5, 0.6) is 5.75 Å². The van der Waals surface area contributed by atoms with Gasteiger partial charge < -0.3 is 9.64 Å². The Labute approximate surface area is 88.2 Å². The highest BCUT2D eigenvalue weighted by Gasteiger charge is 2.09. The maximum Gasteiger partial charge on any atom is 0.241 e. The third-order valence-corrected chi connectivity index (χ3v) is 2.16. The lowest BCUT2D eigenvalue weighted by atomic mass is 10.3. The Balaban J connectivity index is 2.89. The minimum atomic E-state index is -0.139. The highest BCUT2D eigenvalue weighted by Crippen LogP contribution is 2.19. The lowest BCUT2D eigenvalue weighted by molar-refractivity contribution is -0.116. The molecule has 0 aliphatic heterocycles. The molecule has 4 heteroatoms. The predicted molar refractivity (Wildman–Crippen MR) is 57.1 cm³/mol. The van der Waals surface area contributed by atoms with Gasteiger partial charge in [-0.15, -0.1) is 11.6 Å². The molecule has 1 aromatic carbocycles. The van der Waals surface area contributed by atoms with Gasteiger partial charge in [-0.3, -0.25) is 4.79 Å². The number of nitrogens with zero attached hydrogens (tertiary/aromatic N) is 1. The van der Waals surface area contributed by atoms with E-state index < -0.39 is 0 Å². The number of methoxy groups -OCH3 is 1. The second-order valence-corrected chi connectivity index (χ2v) is 3.06. The summed E-state index contributed by atoms with van der Waals surface area (Å²) in [5, 5.41) is 0. The second kappa shape index (κ2) is 4.86. The van der Waals surface area contributed by atoms with Crippen LogP contribution < -0.4 is 9.64 Å². The van der Waals surface area contributed by atoms with E-state index in [0.29, 0.717) is 0 Å². The van der Waals surface area contributed by atoms with Gasteiger partial charge in [0.15, 0.2) is 0 Å². The quantitative estimate of drug-likeness (QED) is 0.718. The fraction of sp³-hybridized carbons (Fsp3) is 0.300. The summed E-state index contributed by atoms with van der Waals surface area (Å²) in [6.45, 7) is 0. The largest absolute Gasteiger partial charge is 0.497 e. The molecule has 0 saturated heterocycles. The Kier molecular flexibility index (Phi) is 3.77. The van der Waals surface area contributed by atoms with Crippen LogP contribution in [0.15, 0.2) is 24.3 Å². The summed E-state index contributed by atoms with van der Waals surface area (Å²) < 4.78 is 5.05. The fourth-order valence-corrected chi connectivity index (χ4v) is 1.23. The molecule has 76 valence electrons. The minimum absolute atomic E-state index is 0.0201. The lowest BCUT2D eigenvalue weighted by Gasteiger charge is -2.16. The number of ether oxygens (including phenoxy) is 1. The van der Waals surface area contributed by atoms with Crippen molar-refractivity contribution in [1.29, 1.82) is 0 Å². The summed E-state index contributed by atoms with van der Waals surface area (Å²) in [6.07, 6.45) is 0. The molecule has 1 aromatic rings. The summed E-state index contributed by atoms with van der Waals surface area (Å²) in [5.74, 6) is 0.560. The van der Waals surface area contributed by atoms with Gasteiger partial charge in [-0.2, -0.15) is 0 Å². The molecule has 14 heavy (non-hydrogen) atoms. The topological polar surface area (TPSA) is 29.5 Å². The summed E-state index contributed by atoms with van der Waals surface area (Å²) in [7, 11) is 3.27. The number of carbonyl (C=O) groups is 1. The number of rotatable bonds is 3. The molecule has 0 heterocycles. The molecule has 0 unspecified atom stereocenters. The van der Waals surface area contributed by atoms with Crippen LogP contribution in [-0.4, -0.2) is 25.9 Å². The molecule has 3 nitrogen and oxygen atoms in total. The number of hydrogen-bond acceptors (Lipinski definition) is 2. The van der Waals surface area contributed by atoms with Crippen molar-refractivity contribution in [3.8, 4) is 5.75 Å². The van der Waals surface area contributed by atoms with Gasteiger partial charge in [0.1, 0.15) is 11.6 Å². The number of alkyl halides is 1. The van der Waals surface area contributed by atoms with Crippen molar-refractivity contribution in [2.75, 3.05) is 24.9 Å². The molecule has 0 atom stereocenters. The normalized spacial score (nSPS) is 9.64. The standard InChI is InChI=1S/C10H12ClNO2/c1-12(10(13)7-11)8-4-3-5-9(6-8)14-2/h3-6H,7H2,1-2H3. The molecular formula is C10H12ClNO2. The van der Waals surface area contributed by atoms with Crippen molar-refractivity contribution in [3.63, 3.8) is 0 Å². The summed E-state index contributed by atoms with van der Waals surface area (Å²) in [5.41, 5.74) is 0.773. The van der Waals surface area contributed by atoms with Crippen LogP contribution in [0, 0.1) is 0 Å². The van der Waals surface area contributed by atoms with Crippen molar-refractivity contribution in [3.05, 3.63) is 24.3 Å². The minimum Gasteiger partial charge on any atom is -0.497 e. The van der Waals surface area contributed by atoms with Crippen LogP contribution in [0.3, 0.4) is 0 Å². The molecule has 0 spiro atoms. The van der Waals surface area contributed by atoms with Gasteiger partial charge in [0, 0.05) is 18.8 Å². The van der Waals surface area contributed by atoms with E-state index in [2.05, 4.69) is 0 Å². The maximum absolute atomic E-state index is 11.3. The molecule has 0 bridgehead atoms. The van der Waals surface area contributed by atoms with Gasteiger partial charge in [0.2, 0.25) is 5.91 Å². The van der Waals surface area contributed by atoms with Gasteiger partial charge in [-0.05, 0) is 12.1 Å². The van der Waals surface area contributed by atoms with E-state index >= 15 is 0 Å². The van der Waals surface area contributed by atoms with E-state index in [1.54, 1.807) is 20.2 Å². The number of anilines is 1. The van der Waals surface area contributed by atoms with E-state index in [-0.39, 0.29) is 11.8 Å². The Hall–Kier alpha value is -1.22. The number of halogens is 1.